The fraction of sp³-hybridized carbons (Fsp3) is 0.261. The Morgan fingerprint density at radius 3 is 2.62 bits per heavy atom. The van der Waals surface area contributed by atoms with Gasteiger partial charge < -0.3 is 9.47 Å². The molecule has 0 N–H and O–H groups in total. The summed E-state index contributed by atoms with van der Waals surface area (Å²) < 4.78 is 1.93. The number of pyridine rings is 1. The molecule has 0 saturated carbocycles. The molecule has 6 heteroatoms. The van der Waals surface area contributed by atoms with Gasteiger partial charge in [0.25, 0.3) is 11.5 Å². The minimum absolute atomic E-state index is 0.00593. The quantitative estimate of drug-likeness (QED) is 0.658. The molecule has 1 amide bonds. The average Bonchev–Trinajstić information content (AvgIpc) is 3.28. The van der Waals surface area contributed by atoms with Crippen molar-refractivity contribution in [1.29, 1.82) is 5.26 Å². The number of rotatable bonds is 2. The number of hydrogen-bond donors (Lipinski definition) is 0. The minimum atomic E-state index is -0.00593. The molecule has 144 valence electrons. The molecule has 1 fully saturated rings. The predicted molar refractivity (Wildman–Crippen MR) is 112 cm³/mol. The zero-order valence-corrected chi connectivity index (χ0v) is 16.6. The van der Waals surface area contributed by atoms with E-state index in [2.05, 4.69) is 12.1 Å². The van der Waals surface area contributed by atoms with E-state index < -0.39 is 0 Å². The molecule has 5 nitrogen and oxygen atoms in total. The number of thiophene rings is 1. The highest BCUT2D eigenvalue weighted by molar-refractivity contribution is 7.13. The summed E-state index contributed by atoms with van der Waals surface area (Å²) in [4.78, 5) is 28.7. The van der Waals surface area contributed by atoms with Crippen molar-refractivity contribution in [3.8, 4) is 16.5 Å². The highest BCUT2D eigenvalue weighted by Gasteiger charge is 2.38. The van der Waals surface area contributed by atoms with Crippen LogP contribution in [0.5, 0.6) is 0 Å². The second-order valence-corrected chi connectivity index (χ2v) is 8.70. The molecule has 29 heavy (non-hydrogen) atoms. The van der Waals surface area contributed by atoms with E-state index in [1.54, 1.807) is 41.7 Å². The number of nitriles is 1. The standard InChI is InChI=1S/C23H19N3O2S/c24-11-15-3-5-17(6-4-15)23(28)25-12-16-10-18(14-25)22-19(20-2-1-9-29-20)7-8-21(27)26(22)13-16/h1-9,16,18H,10,12-14H2. The van der Waals surface area contributed by atoms with Gasteiger partial charge in [0.1, 0.15) is 0 Å². The van der Waals surface area contributed by atoms with E-state index in [-0.39, 0.29) is 23.3 Å². The molecule has 0 spiro atoms. The Hall–Kier alpha value is -3.17. The van der Waals surface area contributed by atoms with Crippen molar-refractivity contribution in [2.45, 2.75) is 18.9 Å². The molecule has 2 unspecified atom stereocenters. The maximum Gasteiger partial charge on any atom is 0.253 e. The Bertz CT molecular complexity index is 1170. The van der Waals surface area contributed by atoms with E-state index in [9.17, 15) is 9.59 Å². The molecule has 2 aromatic heterocycles. The zero-order chi connectivity index (χ0) is 20.0. The molecule has 2 atom stereocenters. The van der Waals surface area contributed by atoms with Crippen molar-refractivity contribution in [2.24, 2.45) is 5.92 Å². The third-order valence-corrected chi connectivity index (χ3v) is 6.83. The molecule has 3 aromatic rings. The van der Waals surface area contributed by atoms with Gasteiger partial charge in [0, 0.05) is 53.3 Å². The lowest BCUT2D eigenvalue weighted by molar-refractivity contribution is 0.0595. The van der Waals surface area contributed by atoms with Crippen LogP contribution in [0.1, 0.15) is 34.0 Å². The summed E-state index contributed by atoms with van der Waals surface area (Å²) in [6.07, 6.45) is 0.999. The number of nitrogens with zero attached hydrogens (tertiary/aromatic N) is 3. The number of carbonyl (C=O) groups excluding carboxylic acids is 1. The van der Waals surface area contributed by atoms with Gasteiger partial charge in [-0.05, 0) is 54.1 Å². The van der Waals surface area contributed by atoms with Crippen LogP contribution in [0.2, 0.25) is 0 Å². The Kier molecular flexibility index (Phi) is 4.33. The van der Waals surface area contributed by atoms with Gasteiger partial charge >= 0.3 is 0 Å². The zero-order valence-electron chi connectivity index (χ0n) is 15.7. The first-order valence-electron chi connectivity index (χ1n) is 9.71. The maximum atomic E-state index is 13.1. The average molecular weight is 401 g/mol. The number of carbonyl (C=O) groups is 1. The number of piperidine rings is 1. The summed E-state index contributed by atoms with van der Waals surface area (Å²) in [6.45, 7) is 1.92. The van der Waals surface area contributed by atoms with Gasteiger partial charge in [-0.25, -0.2) is 0 Å². The second kappa shape index (κ2) is 7.02. The molecule has 0 aliphatic carbocycles. The van der Waals surface area contributed by atoms with E-state index >= 15 is 0 Å². The lowest BCUT2D eigenvalue weighted by atomic mass is 9.81. The van der Waals surface area contributed by atoms with Crippen molar-refractivity contribution in [2.75, 3.05) is 13.1 Å². The molecule has 0 radical (unpaired) electrons. The van der Waals surface area contributed by atoms with Gasteiger partial charge in [-0.1, -0.05) is 6.07 Å². The normalized spacial score (nSPS) is 20.0. The van der Waals surface area contributed by atoms with Crippen LogP contribution in [-0.2, 0) is 6.54 Å². The third kappa shape index (κ3) is 3.08. The molecule has 4 heterocycles. The fourth-order valence-electron chi connectivity index (χ4n) is 4.69. The molecular formula is C23H19N3O2S. The van der Waals surface area contributed by atoms with E-state index in [1.807, 2.05) is 27.0 Å². The second-order valence-electron chi connectivity index (χ2n) is 7.76. The molecular weight excluding hydrogens is 382 g/mol. The largest absolute Gasteiger partial charge is 0.338 e. The summed E-state index contributed by atoms with van der Waals surface area (Å²) in [5, 5.41) is 11.0. The summed E-state index contributed by atoms with van der Waals surface area (Å²) in [5.74, 6) is 0.421. The van der Waals surface area contributed by atoms with Crippen LogP contribution in [0, 0.1) is 17.2 Å². The molecule has 2 bridgehead atoms. The summed E-state index contributed by atoms with van der Waals surface area (Å²) >= 11 is 1.67. The van der Waals surface area contributed by atoms with Crippen molar-refractivity contribution >= 4 is 17.2 Å². The van der Waals surface area contributed by atoms with Gasteiger partial charge in [0.2, 0.25) is 0 Å². The SMILES string of the molecule is N#Cc1ccc(C(=O)N2CC3CC(C2)c2c(-c4cccs4)ccc(=O)n2C3)cc1. The topological polar surface area (TPSA) is 66.1 Å². The number of hydrogen-bond acceptors (Lipinski definition) is 4. The van der Waals surface area contributed by atoms with Crippen LogP contribution in [0.25, 0.3) is 10.4 Å². The lowest BCUT2D eigenvalue weighted by Gasteiger charge is -2.43. The Morgan fingerprint density at radius 1 is 1.07 bits per heavy atom. The highest BCUT2D eigenvalue weighted by atomic mass is 32.1. The van der Waals surface area contributed by atoms with E-state index in [1.165, 1.54) is 0 Å². The van der Waals surface area contributed by atoms with Crippen molar-refractivity contribution < 1.29 is 4.79 Å². The van der Waals surface area contributed by atoms with Crippen molar-refractivity contribution in [3.05, 3.63) is 81.1 Å². The van der Waals surface area contributed by atoms with Gasteiger partial charge in [0.15, 0.2) is 0 Å². The summed E-state index contributed by atoms with van der Waals surface area (Å²) in [6, 6.07) is 16.6. The van der Waals surface area contributed by atoms with Crippen LogP contribution in [-0.4, -0.2) is 28.5 Å². The Morgan fingerprint density at radius 2 is 1.90 bits per heavy atom. The minimum Gasteiger partial charge on any atom is -0.338 e. The van der Waals surface area contributed by atoms with Gasteiger partial charge in [-0.2, -0.15) is 5.26 Å². The van der Waals surface area contributed by atoms with Crippen LogP contribution < -0.4 is 5.56 Å². The van der Waals surface area contributed by atoms with Crippen LogP contribution >= 0.6 is 11.3 Å². The van der Waals surface area contributed by atoms with Crippen molar-refractivity contribution in [1.82, 2.24) is 9.47 Å². The van der Waals surface area contributed by atoms with Gasteiger partial charge in [-0.3, -0.25) is 9.59 Å². The highest BCUT2D eigenvalue weighted by Crippen LogP contribution is 2.41. The first kappa shape index (κ1) is 17.9. The van der Waals surface area contributed by atoms with Crippen molar-refractivity contribution in [3.63, 3.8) is 0 Å². The molecule has 2 aliphatic rings. The molecule has 1 aromatic carbocycles. The van der Waals surface area contributed by atoms with E-state index in [4.69, 9.17) is 5.26 Å². The summed E-state index contributed by atoms with van der Waals surface area (Å²) in [5.41, 5.74) is 3.37. The van der Waals surface area contributed by atoms with Gasteiger partial charge in [0.05, 0.1) is 11.6 Å². The first-order chi connectivity index (χ1) is 14.1. The maximum absolute atomic E-state index is 13.1. The first-order valence-corrected chi connectivity index (χ1v) is 10.6. The van der Waals surface area contributed by atoms with Crippen LogP contribution in [0.15, 0.2) is 58.7 Å². The number of benzene rings is 1. The van der Waals surface area contributed by atoms with Crippen LogP contribution in [0.3, 0.4) is 0 Å². The third-order valence-electron chi connectivity index (χ3n) is 5.92. The lowest BCUT2D eigenvalue weighted by Crippen LogP contribution is -2.49. The number of likely N-dealkylation sites (tertiary alicyclic amines) is 1. The molecule has 5 rings (SSSR count). The molecule has 1 saturated heterocycles. The number of aromatic nitrogens is 1. The summed E-state index contributed by atoms with van der Waals surface area (Å²) in [7, 11) is 0. The van der Waals surface area contributed by atoms with E-state index in [0.717, 1.165) is 22.6 Å². The Balaban J connectivity index is 1.50. The van der Waals surface area contributed by atoms with E-state index in [0.29, 0.717) is 30.8 Å². The number of fused-ring (bicyclic) bond motifs is 4. The fourth-order valence-corrected chi connectivity index (χ4v) is 5.45. The monoisotopic (exact) mass is 401 g/mol. The van der Waals surface area contributed by atoms with Gasteiger partial charge in [-0.15, -0.1) is 11.3 Å². The smallest absolute Gasteiger partial charge is 0.253 e. The predicted octanol–water partition coefficient (Wildman–Crippen LogP) is 3.71. The van der Waals surface area contributed by atoms with Crippen LogP contribution in [0.4, 0.5) is 0 Å². The number of amides is 1. The Labute approximate surface area is 172 Å². The molecule has 2 aliphatic heterocycles.